The number of anilines is 1. The molecule has 0 amide bonds. The van der Waals surface area contributed by atoms with Gasteiger partial charge in [-0.15, -0.1) is 11.3 Å². The molecule has 166 valence electrons. The summed E-state index contributed by atoms with van der Waals surface area (Å²) in [6, 6.07) is 21.1. The van der Waals surface area contributed by atoms with Crippen LogP contribution in [0.25, 0.3) is 0 Å². The summed E-state index contributed by atoms with van der Waals surface area (Å²) >= 11 is 7.20. The molecule has 0 unspecified atom stereocenters. The Labute approximate surface area is 199 Å². The van der Waals surface area contributed by atoms with Crippen LogP contribution in [0, 0.1) is 0 Å². The maximum atomic E-state index is 12.4. The van der Waals surface area contributed by atoms with E-state index in [0.29, 0.717) is 10.7 Å². The predicted octanol–water partition coefficient (Wildman–Crippen LogP) is 5.92. The number of thiophene rings is 1. The Morgan fingerprint density at radius 1 is 1.03 bits per heavy atom. The molecule has 0 fully saturated rings. The Balaban J connectivity index is 1.43. The van der Waals surface area contributed by atoms with Crippen LogP contribution in [0.5, 0.6) is 0 Å². The number of esters is 1. The second kappa shape index (κ2) is 10.7. The van der Waals surface area contributed by atoms with Gasteiger partial charge in [-0.25, -0.2) is 4.79 Å². The minimum absolute atomic E-state index is 0.285. The van der Waals surface area contributed by atoms with Gasteiger partial charge in [0.15, 0.2) is 5.11 Å². The number of nitrogens with one attached hydrogen (secondary N) is 2. The monoisotopic (exact) mass is 464 g/mol. The lowest BCUT2D eigenvalue weighted by atomic mass is 9.88. The Bertz CT molecular complexity index is 1020. The third-order valence-electron chi connectivity index (χ3n) is 5.91. The summed E-state index contributed by atoms with van der Waals surface area (Å²) in [6.45, 7) is 0.721. The topological polar surface area (TPSA) is 50.4 Å². The Morgan fingerprint density at radius 2 is 1.66 bits per heavy atom. The van der Waals surface area contributed by atoms with Crippen molar-refractivity contribution in [3.05, 3.63) is 87.8 Å². The summed E-state index contributed by atoms with van der Waals surface area (Å²) in [5.41, 5.74) is 4.37. The van der Waals surface area contributed by atoms with Crippen molar-refractivity contribution in [3.8, 4) is 0 Å². The number of ether oxygens (including phenoxy) is 1. The van der Waals surface area contributed by atoms with Gasteiger partial charge in [0.05, 0.1) is 12.7 Å². The molecule has 0 atom stereocenters. The van der Waals surface area contributed by atoms with Crippen LogP contribution in [0.2, 0.25) is 0 Å². The number of thiocarbonyl (C=S) groups is 1. The Morgan fingerprint density at radius 3 is 2.28 bits per heavy atom. The number of benzene rings is 2. The van der Waals surface area contributed by atoms with Gasteiger partial charge in [-0.2, -0.15) is 0 Å². The number of rotatable bonds is 7. The molecule has 2 aromatic carbocycles. The van der Waals surface area contributed by atoms with Crippen molar-refractivity contribution in [1.82, 2.24) is 5.32 Å². The summed E-state index contributed by atoms with van der Waals surface area (Å²) in [5.74, 6) is -0.00435. The van der Waals surface area contributed by atoms with Crippen molar-refractivity contribution in [1.29, 1.82) is 0 Å². The predicted molar refractivity (Wildman–Crippen MR) is 136 cm³/mol. The molecule has 0 aliphatic heterocycles. The van der Waals surface area contributed by atoms with E-state index in [1.807, 2.05) is 12.1 Å². The van der Waals surface area contributed by atoms with E-state index >= 15 is 0 Å². The number of aryl methyl sites for hydroxylation is 1. The minimum atomic E-state index is -0.289. The van der Waals surface area contributed by atoms with E-state index in [1.54, 1.807) is 11.3 Å². The van der Waals surface area contributed by atoms with E-state index in [0.717, 1.165) is 49.2 Å². The zero-order valence-electron chi connectivity index (χ0n) is 18.2. The molecule has 4 nitrogen and oxygen atoms in total. The lowest BCUT2D eigenvalue weighted by molar-refractivity contribution is 0.0601. The van der Waals surface area contributed by atoms with E-state index < -0.39 is 0 Å². The highest BCUT2D eigenvalue weighted by molar-refractivity contribution is 7.80. The molecular formula is C26H28N2O2S2. The standard InChI is InChI=1S/C26H28N2O2S2/c1-30-25(29)23-21-14-8-9-15-22(21)32-24(23)28-26(31)27-17-16-20(18-10-4-2-5-11-18)19-12-6-3-7-13-19/h2-7,10-13,20H,8-9,14-17H2,1H3,(H2,27,28,31). The third-order valence-corrected chi connectivity index (χ3v) is 7.36. The summed E-state index contributed by atoms with van der Waals surface area (Å²) < 4.78 is 5.06. The first kappa shape index (κ1) is 22.5. The SMILES string of the molecule is COC(=O)c1c(NC(=S)NCCC(c2ccccc2)c2ccccc2)sc2c1CCCC2. The van der Waals surface area contributed by atoms with Gasteiger partial charge in [0.2, 0.25) is 0 Å². The summed E-state index contributed by atoms with van der Waals surface area (Å²) in [5, 5.41) is 7.95. The molecule has 2 N–H and O–H groups in total. The quantitative estimate of drug-likeness (QED) is 0.336. The van der Waals surface area contributed by atoms with Crippen LogP contribution < -0.4 is 10.6 Å². The molecule has 1 aliphatic carbocycles. The fourth-order valence-electron chi connectivity index (χ4n) is 4.35. The maximum absolute atomic E-state index is 12.4. The highest BCUT2D eigenvalue weighted by Crippen LogP contribution is 2.38. The second-order valence-electron chi connectivity index (χ2n) is 7.95. The molecule has 3 aromatic rings. The highest BCUT2D eigenvalue weighted by atomic mass is 32.1. The highest BCUT2D eigenvalue weighted by Gasteiger charge is 2.26. The van der Waals surface area contributed by atoms with Gasteiger partial charge < -0.3 is 15.4 Å². The van der Waals surface area contributed by atoms with E-state index in [2.05, 4.69) is 59.2 Å². The molecule has 1 heterocycles. The molecule has 0 spiro atoms. The molecule has 1 aromatic heterocycles. The number of hydrogen-bond donors (Lipinski definition) is 2. The zero-order valence-corrected chi connectivity index (χ0v) is 19.9. The Hall–Kier alpha value is -2.70. The van der Waals surface area contributed by atoms with E-state index in [1.165, 1.54) is 23.1 Å². The van der Waals surface area contributed by atoms with Crippen molar-refractivity contribution < 1.29 is 9.53 Å². The number of hydrogen-bond acceptors (Lipinski definition) is 4. The van der Waals surface area contributed by atoms with Crippen LogP contribution in [-0.2, 0) is 17.6 Å². The maximum Gasteiger partial charge on any atom is 0.341 e. The Kier molecular flexibility index (Phi) is 7.55. The number of fused-ring (bicyclic) bond motifs is 1. The largest absolute Gasteiger partial charge is 0.465 e. The van der Waals surface area contributed by atoms with Crippen molar-refractivity contribution >= 4 is 39.6 Å². The van der Waals surface area contributed by atoms with Crippen LogP contribution >= 0.6 is 23.6 Å². The first-order valence-electron chi connectivity index (χ1n) is 11.0. The number of methoxy groups -OCH3 is 1. The molecule has 0 saturated heterocycles. The molecule has 0 saturated carbocycles. The van der Waals surface area contributed by atoms with Gasteiger partial charge >= 0.3 is 5.97 Å². The van der Waals surface area contributed by atoms with Crippen molar-refractivity contribution in [2.45, 2.75) is 38.0 Å². The van der Waals surface area contributed by atoms with Gasteiger partial charge in [0.25, 0.3) is 0 Å². The second-order valence-corrected chi connectivity index (χ2v) is 9.46. The van der Waals surface area contributed by atoms with E-state index in [4.69, 9.17) is 17.0 Å². The van der Waals surface area contributed by atoms with Gasteiger partial charge in [-0.1, -0.05) is 60.7 Å². The summed E-state index contributed by atoms with van der Waals surface area (Å²) in [4.78, 5) is 13.7. The van der Waals surface area contributed by atoms with Gasteiger partial charge in [0.1, 0.15) is 5.00 Å². The molecule has 4 rings (SSSR count). The van der Waals surface area contributed by atoms with Crippen LogP contribution in [-0.4, -0.2) is 24.7 Å². The molecule has 6 heteroatoms. The van der Waals surface area contributed by atoms with Crippen LogP contribution in [0.3, 0.4) is 0 Å². The van der Waals surface area contributed by atoms with E-state index in [-0.39, 0.29) is 11.9 Å². The van der Waals surface area contributed by atoms with Gasteiger partial charge in [-0.05, 0) is 61.0 Å². The molecule has 32 heavy (non-hydrogen) atoms. The first-order chi connectivity index (χ1) is 15.7. The lowest BCUT2D eigenvalue weighted by Gasteiger charge is -2.19. The average Bonchev–Trinajstić information content (AvgIpc) is 3.20. The third kappa shape index (κ3) is 5.19. The molecule has 0 bridgehead atoms. The fraction of sp³-hybridized carbons (Fsp3) is 0.308. The number of carbonyl (C=O) groups is 1. The first-order valence-corrected chi connectivity index (χ1v) is 12.3. The summed E-state index contributed by atoms with van der Waals surface area (Å²) in [7, 11) is 1.43. The normalized spacial score (nSPS) is 12.8. The van der Waals surface area contributed by atoms with Crippen molar-refractivity contribution in [2.75, 3.05) is 19.0 Å². The van der Waals surface area contributed by atoms with Crippen molar-refractivity contribution in [3.63, 3.8) is 0 Å². The zero-order chi connectivity index (χ0) is 22.3. The van der Waals surface area contributed by atoms with Crippen LogP contribution in [0.4, 0.5) is 5.00 Å². The van der Waals surface area contributed by atoms with Crippen molar-refractivity contribution in [2.24, 2.45) is 0 Å². The van der Waals surface area contributed by atoms with Gasteiger partial charge in [0, 0.05) is 17.3 Å². The molecular weight excluding hydrogens is 436 g/mol. The molecule has 1 aliphatic rings. The van der Waals surface area contributed by atoms with E-state index in [9.17, 15) is 4.79 Å². The summed E-state index contributed by atoms with van der Waals surface area (Å²) in [6.07, 6.45) is 5.11. The fourth-order valence-corrected chi connectivity index (χ4v) is 5.90. The number of carbonyl (C=O) groups excluding carboxylic acids is 1. The molecule has 0 radical (unpaired) electrons. The average molecular weight is 465 g/mol. The lowest BCUT2D eigenvalue weighted by Crippen LogP contribution is -2.30. The van der Waals surface area contributed by atoms with Crippen LogP contribution in [0.15, 0.2) is 60.7 Å². The van der Waals surface area contributed by atoms with Gasteiger partial charge in [-0.3, -0.25) is 0 Å². The smallest absolute Gasteiger partial charge is 0.341 e. The van der Waals surface area contributed by atoms with Crippen LogP contribution in [0.1, 0.15) is 57.1 Å². The minimum Gasteiger partial charge on any atom is -0.465 e.